The lowest BCUT2D eigenvalue weighted by molar-refractivity contribution is -0.0886. The third-order valence-corrected chi connectivity index (χ3v) is 5.53. The summed E-state index contributed by atoms with van der Waals surface area (Å²) < 4.78 is 1.14. The summed E-state index contributed by atoms with van der Waals surface area (Å²) in [4.78, 5) is 14.5. The summed E-state index contributed by atoms with van der Waals surface area (Å²) in [5.41, 5.74) is 0.243. The fraction of sp³-hybridized carbons (Fsp3) is 0.562. The molecule has 1 aromatic carbocycles. The van der Waals surface area contributed by atoms with Crippen LogP contribution in [0.5, 0.6) is 0 Å². The van der Waals surface area contributed by atoms with E-state index in [1.165, 1.54) is 6.42 Å². The molecule has 20 heavy (non-hydrogen) atoms. The minimum absolute atomic E-state index is 0.106. The first kappa shape index (κ1) is 14.3. The molecule has 3 nitrogen and oxygen atoms in total. The lowest BCUT2D eigenvalue weighted by Crippen LogP contribution is -2.54. The highest BCUT2D eigenvalue weighted by molar-refractivity contribution is 14.1. The van der Waals surface area contributed by atoms with Crippen LogP contribution < -0.4 is 0 Å². The van der Waals surface area contributed by atoms with Crippen LogP contribution in [0.4, 0.5) is 0 Å². The predicted octanol–water partition coefficient (Wildman–Crippen LogP) is 3.06. The zero-order valence-corrected chi connectivity index (χ0v) is 13.7. The second-order valence-electron chi connectivity index (χ2n) is 6.05. The van der Waals surface area contributed by atoms with Gasteiger partial charge in [0.2, 0.25) is 0 Å². The van der Waals surface area contributed by atoms with Gasteiger partial charge in [0, 0.05) is 28.1 Å². The molecule has 4 heteroatoms. The Morgan fingerprint density at radius 1 is 1.25 bits per heavy atom. The molecule has 2 fully saturated rings. The summed E-state index contributed by atoms with van der Waals surface area (Å²) in [5.74, 6) is 0.367. The van der Waals surface area contributed by atoms with E-state index in [1.807, 2.05) is 29.2 Å². The molecular formula is C16H20INO2. The number of hydrogen-bond acceptors (Lipinski definition) is 2. The molecule has 1 aromatic rings. The Labute approximate surface area is 133 Å². The number of fused-ring (bicyclic) bond motifs is 1. The lowest BCUT2D eigenvalue weighted by Gasteiger charge is -2.47. The second kappa shape index (κ2) is 5.64. The predicted molar refractivity (Wildman–Crippen MR) is 86.6 cm³/mol. The Balaban J connectivity index is 1.72. The van der Waals surface area contributed by atoms with Crippen molar-refractivity contribution in [1.29, 1.82) is 0 Å². The molecule has 0 radical (unpaired) electrons. The highest BCUT2D eigenvalue weighted by Gasteiger charge is 2.43. The van der Waals surface area contributed by atoms with Gasteiger partial charge >= 0.3 is 0 Å². The Morgan fingerprint density at radius 3 is 2.75 bits per heavy atom. The number of likely N-dealkylation sites (tertiary alicyclic amines) is 1. The van der Waals surface area contributed by atoms with E-state index in [4.69, 9.17) is 0 Å². The van der Waals surface area contributed by atoms with Gasteiger partial charge < -0.3 is 10.0 Å². The van der Waals surface area contributed by atoms with Crippen molar-refractivity contribution in [3.05, 3.63) is 33.4 Å². The number of piperidine rings is 1. The van der Waals surface area contributed by atoms with Crippen molar-refractivity contribution in [3.63, 3.8) is 0 Å². The number of halogens is 1. The van der Waals surface area contributed by atoms with Crippen molar-refractivity contribution in [2.24, 2.45) is 5.92 Å². The topological polar surface area (TPSA) is 40.5 Å². The average Bonchev–Trinajstić information content (AvgIpc) is 2.46. The van der Waals surface area contributed by atoms with Crippen LogP contribution in [0.2, 0.25) is 0 Å². The molecule has 0 bridgehead atoms. The van der Waals surface area contributed by atoms with Gasteiger partial charge in [-0.05, 0) is 66.1 Å². The molecule has 0 spiro atoms. The van der Waals surface area contributed by atoms with Gasteiger partial charge in [-0.15, -0.1) is 0 Å². The first-order chi connectivity index (χ1) is 9.58. The average molecular weight is 385 g/mol. The van der Waals surface area contributed by atoms with E-state index in [0.717, 1.165) is 34.8 Å². The lowest BCUT2D eigenvalue weighted by atomic mass is 9.71. The molecular weight excluding hydrogens is 365 g/mol. The molecule has 1 amide bonds. The number of nitrogens with zero attached hydrogens (tertiary/aromatic N) is 1. The largest absolute Gasteiger partial charge is 0.389 e. The van der Waals surface area contributed by atoms with E-state index in [9.17, 15) is 9.90 Å². The molecule has 1 heterocycles. The van der Waals surface area contributed by atoms with Gasteiger partial charge in [0.25, 0.3) is 5.91 Å². The van der Waals surface area contributed by atoms with E-state index in [-0.39, 0.29) is 11.8 Å². The third kappa shape index (κ3) is 2.72. The van der Waals surface area contributed by atoms with Gasteiger partial charge in [-0.2, -0.15) is 0 Å². The van der Waals surface area contributed by atoms with Gasteiger partial charge in [-0.1, -0.05) is 12.8 Å². The maximum Gasteiger partial charge on any atom is 0.253 e. The first-order valence-electron chi connectivity index (χ1n) is 7.36. The van der Waals surface area contributed by atoms with Crippen molar-refractivity contribution in [1.82, 2.24) is 4.90 Å². The molecule has 1 N–H and O–H groups in total. The summed E-state index contributed by atoms with van der Waals surface area (Å²) >= 11 is 2.24. The normalized spacial score (nSPS) is 29.9. The summed E-state index contributed by atoms with van der Waals surface area (Å²) in [7, 11) is 0. The molecule has 2 aliphatic rings. The molecule has 2 atom stereocenters. The van der Waals surface area contributed by atoms with Gasteiger partial charge in [-0.25, -0.2) is 0 Å². The van der Waals surface area contributed by atoms with Crippen molar-refractivity contribution in [3.8, 4) is 0 Å². The zero-order chi connectivity index (χ0) is 14.2. The SMILES string of the molecule is O=C(c1ccc(I)cc1)N1CCC2(O)CCCCC2C1. The van der Waals surface area contributed by atoms with Crippen LogP contribution in [0.1, 0.15) is 42.5 Å². The van der Waals surface area contributed by atoms with Gasteiger partial charge in [-0.3, -0.25) is 4.79 Å². The van der Waals surface area contributed by atoms with Crippen LogP contribution in [-0.4, -0.2) is 34.6 Å². The Kier molecular flexibility index (Phi) is 4.04. The number of carbonyl (C=O) groups is 1. The van der Waals surface area contributed by atoms with Crippen LogP contribution >= 0.6 is 22.6 Å². The third-order valence-electron chi connectivity index (χ3n) is 4.81. The number of aliphatic hydroxyl groups is 1. The highest BCUT2D eigenvalue weighted by atomic mass is 127. The molecule has 1 aliphatic carbocycles. The maximum absolute atomic E-state index is 12.5. The Morgan fingerprint density at radius 2 is 2.00 bits per heavy atom. The number of benzene rings is 1. The first-order valence-corrected chi connectivity index (χ1v) is 8.44. The highest BCUT2D eigenvalue weighted by Crippen LogP contribution is 2.40. The fourth-order valence-corrected chi connectivity index (χ4v) is 3.89. The van der Waals surface area contributed by atoms with Gasteiger partial charge in [0.1, 0.15) is 0 Å². The molecule has 3 rings (SSSR count). The van der Waals surface area contributed by atoms with Crippen LogP contribution in [0.15, 0.2) is 24.3 Å². The van der Waals surface area contributed by atoms with Crippen molar-refractivity contribution >= 4 is 28.5 Å². The van der Waals surface area contributed by atoms with E-state index in [1.54, 1.807) is 0 Å². The summed E-state index contributed by atoms with van der Waals surface area (Å²) in [5, 5.41) is 10.7. The van der Waals surface area contributed by atoms with Crippen LogP contribution in [0.25, 0.3) is 0 Å². The summed E-state index contributed by atoms with van der Waals surface area (Å²) in [6, 6.07) is 7.72. The van der Waals surface area contributed by atoms with Gasteiger partial charge in [0.05, 0.1) is 5.60 Å². The standard InChI is InChI=1S/C16H20INO2/c17-14-6-4-12(5-7-14)15(19)18-10-9-16(20)8-2-1-3-13(16)11-18/h4-7,13,20H,1-3,8-11H2. The van der Waals surface area contributed by atoms with Crippen LogP contribution in [-0.2, 0) is 0 Å². The van der Waals surface area contributed by atoms with Gasteiger partial charge in [0.15, 0.2) is 0 Å². The number of amides is 1. The second-order valence-corrected chi connectivity index (χ2v) is 7.30. The van der Waals surface area contributed by atoms with Crippen LogP contribution in [0, 0.1) is 9.49 Å². The molecule has 0 aromatic heterocycles. The van der Waals surface area contributed by atoms with Crippen molar-refractivity contribution in [2.45, 2.75) is 37.7 Å². The fourth-order valence-electron chi connectivity index (χ4n) is 3.53. The van der Waals surface area contributed by atoms with E-state index >= 15 is 0 Å². The van der Waals surface area contributed by atoms with E-state index < -0.39 is 5.60 Å². The summed E-state index contributed by atoms with van der Waals surface area (Å²) in [6.45, 7) is 1.39. The smallest absolute Gasteiger partial charge is 0.253 e. The van der Waals surface area contributed by atoms with E-state index in [0.29, 0.717) is 13.1 Å². The van der Waals surface area contributed by atoms with E-state index in [2.05, 4.69) is 22.6 Å². The number of carbonyl (C=O) groups excluding carboxylic acids is 1. The molecule has 1 saturated heterocycles. The molecule has 108 valence electrons. The maximum atomic E-state index is 12.5. The molecule has 1 saturated carbocycles. The Bertz CT molecular complexity index is 502. The summed E-state index contributed by atoms with van der Waals surface area (Å²) in [6.07, 6.45) is 4.99. The monoisotopic (exact) mass is 385 g/mol. The van der Waals surface area contributed by atoms with Crippen molar-refractivity contribution in [2.75, 3.05) is 13.1 Å². The molecule has 1 aliphatic heterocycles. The quantitative estimate of drug-likeness (QED) is 0.755. The number of rotatable bonds is 1. The minimum Gasteiger partial charge on any atom is -0.389 e. The number of hydrogen-bond donors (Lipinski definition) is 1. The van der Waals surface area contributed by atoms with Crippen molar-refractivity contribution < 1.29 is 9.90 Å². The molecule has 2 unspecified atom stereocenters. The zero-order valence-electron chi connectivity index (χ0n) is 11.5. The van der Waals surface area contributed by atoms with Crippen LogP contribution in [0.3, 0.4) is 0 Å². The minimum atomic E-state index is -0.513. The Hall–Kier alpha value is -0.620.